The number of carbonyl (C=O) groups excluding carboxylic acids is 1. The Kier molecular flexibility index (Phi) is 7.30. The molecule has 0 radical (unpaired) electrons. The van der Waals surface area contributed by atoms with Gasteiger partial charge in [-0.05, 0) is 43.2 Å². The minimum atomic E-state index is -0.308. The van der Waals surface area contributed by atoms with Gasteiger partial charge in [0.1, 0.15) is 5.75 Å². The summed E-state index contributed by atoms with van der Waals surface area (Å²) in [6, 6.07) is 17.7. The van der Waals surface area contributed by atoms with E-state index in [9.17, 15) is 4.79 Å². The molecule has 29 heavy (non-hydrogen) atoms. The minimum Gasteiger partial charge on any atom is -0.497 e. The highest BCUT2D eigenvalue weighted by Gasteiger charge is 2.21. The van der Waals surface area contributed by atoms with Crippen LogP contribution in [0.15, 0.2) is 59.8 Å². The number of methoxy groups -OCH3 is 1. The number of ether oxygens (including phenoxy) is 1. The molecule has 0 bridgehead atoms. The minimum absolute atomic E-state index is 0.0127. The van der Waals surface area contributed by atoms with Gasteiger partial charge in [0.05, 0.1) is 18.4 Å². The summed E-state index contributed by atoms with van der Waals surface area (Å²) >= 11 is 1.34. The van der Waals surface area contributed by atoms with Crippen LogP contribution in [0.3, 0.4) is 0 Å². The molecule has 1 amide bonds. The van der Waals surface area contributed by atoms with E-state index in [-0.39, 0.29) is 17.2 Å². The molecule has 0 aliphatic rings. The second-order valence-electron chi connectivity index (χ2n) is 6.72. The molecule has 0 aliphatic heterocycles. The molecule has 0 aliphatic carbocycles. The Morgan fingerprint density at radius 1 is 1.17 bits per heavy atom. The molecule has 2 N–H and O–H groups in total. The summed E-state index contributed by atoms with van der Waals surface area (Å²) in [7, 11) is 1.63. The van der Waals surface area contributed by atoms with Crippen molar-refractivity contribution in [2.75, 3.05) is 7.11 Å². The molecule has 0 saturated heterocycles. The van der Waals surface area contributed by atoms with Crippen LogP contribution in [0.4, 0.5) is 0 Å². The lowest BCUT2D eigenvalue weighted by atomic mass is 10.0. The molecule has 2 atom stereocenters. The number of rotatable bonds is 9. The van der Waals surface area contributed by atoms with Crippen LogP contribution in [0.5, 0.6) is 5.75 Å². The highest BCUT2D eigenvalue weighted by atomic mass is 32.2. The molecule has 1 heterocycles. The average Bonchev–Trinajstić information content (AvgIpc) is 3.22. The smallest absolute Gasteiger partial charge is 0.233 e. The van der Waals surface area contributed by atoms with Crippen LogP contribution in [0, 0.1) is 0 Å². The zero-order chi connectivity index (χ0) is 20.6. The Balaban J connectivity index is 1.62. The topological polar surface area (TPSA) is 79.9 Å². The number of H-pyrrole nitrogens is 1. The number of benzene rings is 2. The van der Waals surface area contributed by atoms with E-state index in [1.807, 2.05) is 49.4 Å². The summed E-state index contributed by atoms with van der Waals surface area (Å²) in [5.41, 5.74) is 2.04. The molecule has 152 valence electrons. The van der Waals surface area contributed by atoms with E-state index >= 15 is 0 Å². The highest BCUT2D eigenvalue weighted by molar-refractivity contribution is 8.00. The maximum Gasteiger partial charge on any atom is 0.233 e. The van der Waals surface area contributed by atoms with E-state index in [0.29, 0.717) is 11.0 Å². The lowest BCUT2D eigenvalue weighted by Gasteiger charge is -2.20. The molecular weight excluding hydrogens is 384 g/mol. The third-order valence-electron chi connectivity index (χ3n) is 4.58. The van der Waals surface area contributed by atoms with Crippen molar-refractivity contribution >= 4 is 17.7 Å². The van der Waals surface area contributed by atoms with Crippen LogP contribution in [0.25, 0.3) is 11.4 Å². The number of aromatic nitrogens is 3. The van der Waals surface area contributed by atoms with Gasteiger partial charge in [-0.15, -0.1) is 5.10 Å². The first-order valence-corrected chi connectivity index (χ1v) is 10.6. The van der Waals surface area contributed by atoms with Crippen LogP contribution >= 0.6 is 11.8 Å². The maximum atomic E-state index is 12.7. The van der Waals surface area contributed by atoms with E-state index in [0.717, 1.165) is 29.7 Å². The van der Waals surface area contributed by atoms with Crippen LogP contribution in [0.2, 0.25) is 0 Å². The third kappa shape index (κ3) is 5.60. The first kappa shape index (κ1) is 20.9. The predicted octanol–water partition coefficient (Wildman–Crippen LogP) is 4.62. The van der Waals surface area contributed by atoms with Crippen molar-refractivity contribution in [2.45, 2.75) is 43.1 Å². The monoisotopic (exact) mass is 410 g/mol. The normalized spacial score (nSPS) is 12.9. The van der Waals surface area contributed by atoms with Gasteiger partial charge in [-0.2, -0.15) is 0 Å². The van der Waals surface area contributed by atoms with Crippen LogP contribution in [-0.4, -0.2) is 33.4 Å². The van der Waals surface area contributed by atoms with Gasteiger partial charge in [-0.3, -0.25) is 9.89 Å². The molecule has 3 aromatic rings. The first-order chi connectivity index (χ1) is 14.1. The predicted molar refractivity (Wildman–Crippen MR) is 116 cm³/mol. The molecule has 0 fully saturated rings. The largest absolute Gasteiger partial charge is 0.497 e. The van der Waals surface area contributed by atoms with Gasteiger partial charge < -0.3 is 10.1 Å². The molecule has 0 saturated carbocycles. The fraction of sp³-hybridized carbons (Fsp3) is 0.318. The van der Waals surface area contributed by atoms with Crippen molar-refractivity contribution in [3.63, 3.8) is 0 Å². The number of nitrogens with one attached hydrogen (secondary N) is 2. The molecule has 6 nitrogen and oxygen atoms in total. The maximum absolute atomic E-state index is 12.7. The second-order valence-corrected chi connectivity index (χ2v) is 8.02. The van der Waals surface area contributed by atoms with Crippen LogP contribution in [-0.2, 0) is 4.79 Å². The van der Waals surface area contributed by atoms with Crippen molar-refractivity contribution in [3.05, 3.63) is 60.2 Å². The molecular formula is C22H26N4O2S. The molecule has 2 aromatic carbocycles. The van der Waals surface area contributed by atoms with E-state index in [1.54, 1.807) is 7.11 Å². The Morgan fingerprint density at radius 3 is 2.55 bits per heavy atom. The van der Waals surface area contributed by atoms with E-state index < -0.39 is 0 Å². The summed E-state index contributed by atoms with van der Waals surface area (Å²) in [5, 5.41) is 10.6. The third-order valence-corrected chi connectivity index (χ3v) is 5.54. The summed E-state index contributed by atoms with van der Waals surface area (Å²) in [6.45, 7) is 3.99. The van der Waals surface area contributed by atoms with Crippen LogP contribution in [0.1, 0.15) is 38.3 Å². The van der Waals surface area contributed by atoms with Crippen molar-refractivity contribution in [2.24, 2.45) is 0 Å². The van der Waals surface area contributed by atoms with E-state index in [4.69, 9.17) is 4.74 Å². The van der Waals surface area contributed by atoms with Gasteiger partial charge in [0, 0.05) is 5.56 Å². The summed E-state index contributed by atoms with van der Waals surface area (Å²) < 4.78 is 5.18. The lowest BCUT2D eigenvalue weighted by Crippen LogP contribution is -2.34. The van der Waals surface area contributed by atoms with Gasteiger partial charge in [0.15, 0.2) is 5.82 Å². The molecule has 7 heteroatoms. The summed E-state index contributed by atoms with van der Waals surface area (Å²) in [4.78, 5) is 17.2. The fourth-order valence-electron chi connectivity index (χ4n) is 2.97. The number of nitrogens with zero attached hydrogens (tertiary/aromatic N) is 2. The van der Waals surface area contributed by atoms with E-state index in [2.05, 4.69) is 39.6 Å². The van der Waals surface area contributed by atoms with Crippen molar-refractivity contribution in [1.82, 2.24) is 20.5 Å². The van der Waals surface area contributed by atoms with Crippen molar-refractivity contribution in [3.8, 4) is 17.1 Å². The lowest BCUT2D eigenvalue weighted by molar-refractivity contribution is -0.121. The fourth-order valence-corrected chi connectivity index (χ4v) is 3.71. The van der Waals surface area contributed by atoms with Gasteiger partial charge >= 0.3 is 0 Å². The second kappa shape index (κ2) is 10.1. The zero-order valence-corrected chi connectivity index (χ0v) is 17.7. The first-order valence-electron chi connectivity index (χ1n) is 9.69. The number of hydrogen-bond donors (Lipinski definition) is 2. The number of amides is 1. The SMILES string of the molecule is CCC[C@@H](NC(=O)[C@@H](C)Sc1n[nH]c(-c2ccc(OC)cc2)n1)c1ccccc1. The zero-order valence-electron chi connectivity index (χ0n) is 16.9. The Labute approximate surface area is 175 Å². The Hall–Kier alpha value is -2.80. The van der Waals surface area contributed by atoms with Gasteiger partial charge in [0.25, 0.3) is 0 Å². The summed E-state index contributed by atoms with van der Waals surface area (Å²) in [5.74, 6) is 1.43. The number of hydrogen-bond acceptors (Lipinski definition) is 5. The molecule has 0 spiro atoms. The number of thioether (sulfide) groups is 1. The van der Waals surface area contributed by atoms with Crippen molar-refractivity contribution < 1.29 is 9.53 Å². The van der Waals surface area contributed by atoms with Gasteiger partial charge in [-0.25, -0.2) is 4.98 Å². The van der Waals surface area contributed by atoms with E-state index in [1.165, 1.54) is 11.8 Å². The molecule has 1 aromatic heterocycles. The molecule has 3 rings (SSSR count). The van der Waals surface area contributed by atoms with Crippen molar-refractivity contribution in [1.29, 1.82) is 0 Å². The number of aromatic amines is 1. The van der Waals surface area contributed by atoms with Crippen LogP contribution < -0.4 is 10.1 Å². The number of carbonyl (C=O) groups is 1. The Bertz CT molecular complexity index is 912. The highest BCUT2D eigenvalue weighted by Crippen LogP contribution is 2.25. The average molecular weight is 411 g/mol. The Morgan fingerprint density at radius 2 is 1.90 bits per heavy atom. The quantitative estimate of drug-likeness (QED) is 0.503. The standard InChI is InChI=1S/C22H26N4O2S/c1-4-8-19(16-9-6-5-7-10-16)23-21(27)15(2)29-22-24-20(25-26-22)17-11-13-18(28-3)14-12-17/h5-7,9-15,19H,4,8H2,1-3H3,(H,23,27)(H,24,25,26)/t15-,19-/m1/s1. The van der Waals surface area contributed by atoms with Gasteiger partial charge in [0.2, 0.25) is 11.1 Å². The summed E-state index contributed by atoms with van der Waals surface area (Å²) in [6.07, 6.45) is 1.89. The molecule has 0 unspecified atom stereocenters. The van der Waals surface area contributed by atoms with Gasteiger partial charge in [-0.1, -0.05) is 55.4 Å².